The number of hydrogen-bond acceptors (Lipinski definition) is 7. The fourth-order valence-electron chi connectivity index (χ4n) is 6.54. The first kappa shape index (κ1) is 57.5. The molecule has 0 bridgehead atoms. The van der Waals surface area contributed by atoms with Crippen LogP contribution >= 0.6 is 0 Å². The Morgan fingerprint density at radius 2 is 0.918 bits per heavy atom. The SMILES string of the molecule is CC/C=C/C/C=C/C/C=C/C/C=C/C/C=C/C/C=C/CCCCCCC(=O)OC(COCCC(C(=O)[O-])[N+](C)(C)C)COC(=O)CCCCC/C=C/CCCCCCCCC. The Bertz CT molecular complexity index is 1270. The quantitative estimate of drug-likeness (QED) is 0.0261. The zero-order valence-electron chi connectivity index (χ0n) is 39.5. The second-order valence-electron chi connectivity index (χ2n) is 17.0. The smallest absolute Gasteiger partial charge is 0.306 e. The van der Waals surface area contributed by atoms with Gasteiger partial charge in [-0.05, 0) is 89.9 Å². The van der Waals surface area contributed by atoms with E-state index in [4.69, 9.17) is 14.2 Å². The standard InChI is InChI=1S/C53H89NO7/c1-6-8-10-12-14-16-18-20-22-23-24-25-26-27-28-29-30-32-34-36-38-40-42-44-52(56)61-49(47-59-46-45-50(53(57)58)54(3,4)5)48-60-51(55)43-41-39-37-35-33-31-21-19-17-15-13-11-9-7-2/h8,10,14,16,20,22,24-25,27-28,30-33,49-50H,6-7,9,11-13,15,17-19,21,23,26,29,34-48H2,1-5H3/b10-8+,16-14+,22-20+,25-24+,28-27+,32-30+,33-31+. The highest BCUT2D eigenvalue weighted by Crippen LogP contribution is 2.13. The van der Waals surface area contributed by atoms with Crippen LogP contribution < -0.4 is 5.11 Å². The molecule has 0 saturated heterocycles. The van der Waals surface area contributed by atoms with Gasteiger partial charge in [0.1, 0.15) is 12.6 Å². The van der Waals surface area contributed by atoms with Gasteiger partial charge in [-0.2, -0.15) is 0 Å². The number of hydrogen-bond donors (Lipinski definition) is 0. The first-order chi connectivity index (χ1) is 29.6. The van der Waals surface area contributed by atoms with Crippen LogP contribution in [0.2, 0.25) is 0 Å². The summed E-state index contributed by atoms with van der Waals surface area (Å²) in [6.45, 7) is 4.49. The van der Waals surface area contributed by atoms with Crippen LogP contribution in [0.5, 0.6) is 0 Å². The minimum atomic E-state index is -1.13. The van der Waals surface area contributed by atoms with Crippen LogP contribution in [-0.2, 0) is 28.6 Å². The third kappa shape index (κ3) is 41.6. The summed E-state index contributed by atoms with van der Waals surface area (Å²) >= 11 is 0. The first-order valence-corrected chi connectivity index (χ1v) is 24.1. The van der Waals surface area contributed by atoms with Crippen molar-refractivity contribution >= 4 is 17.9 Å². The predicted octanol–water partition coefficient (Wildman–Crippen LogP) is 12.4. The van der Waals surface area contributed by atoms with E-state index in [0.29, 0.717) is 6.42 Å². The summed E-state index contributed by atoms with van der Waals surface area (Å²) in [5.41, 5.74) is 0. The van der Waals surface area contributed by atoms with Crippen molar-refractivity contribution in [2.45, 2.75) is 193 Å². The van der Waals surface area contributed by atoms with E-state index in [2.05, 4.69) is 98.9 Å². The number of ether oxygens (including phenoxy) is 3. The molecule has 0 aromatic carbocycles. The molecule has 0 aliphatic rings. The number of likely N-dealkylation sites (N-methyl/N-ethyl adjacent to an activating group) is 1. The van der Waals surface area contributed by atoms with E-state index in [1.54, 1.807) is 21.1 Å². The van der Waals surface area contributed by atoms with Crippen molar-refractivity contribution in [3.05, 3.63) is 85.1 Å². The van der Waals surface area contributed by atoms with E-state index >= 15 is 0 Å². The summed E-state index contributed by atoms with van der Waals surface area (Å²) in [6, 6.07) is -0.737. The summed E-state index contributed by atoms with van der Waals surface area (Å²) in [5, 5.41) is 11.6. The molecule has 0 aromatic heterocycles. The van der Waals surface area contributed by atoms with Gasteiger partial charge in [0, 0.05) is 19.3 Å². The summed E-state index contributed by atoms with van der Waals surface area (Å²) < 4.78 is 17.2. The monoisotopic (exact) mass is 852 g/mol. The molecule has 0 saturated carbocycles. The molecule has 2 unspecified atom stereocenters. The van der Waals surface area contributed by atoms with Crippen molar-refractivity contribution in [2.75, 3.05) is 41.0 Å². The highest BCUT2D eigenvalue weighted by molar-refractivity contribution is 5.70. The lowest BCUT2D eigenvalue weighted by Gasteiger charge is -2.34. The number of allylic oxidation sites excluding steroid dienone is 14. The number of aliphatic carboxylic acids is 1. The molecule has 0 N–H and O–H groups in total. The van der Waals surface area contributed by atoms with Gasteiger partial charge in [0.25, 0.3) is 0 Å². The van der Waals surface area contributed by atoms with Crippen LogP contribution in [0.15, 0.2) is 85.1 Å². The summed E-state index contributed by atoms with van der Waals surface area (Å²) in [4.78, 5) is 36.9. The van der Waals surface area contributed by atoms with Crippen LogP contribution in [0.4, 0.5) is 0 Å². The summed E-state index contributed by atoms with van der Waals surface area (Å²) in [7, 11) is 5.39. The van der Waals surface area contributed by atoms with E-state index in [9.17, 15) is 19.5 Å². The van der Waals surface area contributed by atoms with Gasteiger partial charge in [0.2, 0.25) is 0 Å². The van der Waals surface area contributed by atoms with Crippen LogP contribution in [0.1, 0.15) is 181 Å². The van der Waals surface area contributed by atoms with Gasteiger partial charge in [-0.15, -0.1) is 0 Å². The second kappa shape index (κ2) is 43.2. The minimum absolute atomic E-state index is 0.0209. The first-order valence-electron chi connectivity index (χ1n) is 24.1. The molecular weight excluding hydrogens is 763 g/mol. The van der Waals surface area contributed by atoms with Crippen molar-refractivity contribution in [1.29, 1.82) is 0 Å². The molecule has 0 aliphatic heterocycles. The van der Waals surface area contributed by atoms with Crippen molar-refractivity contribution < 1.29 is 38.2 Å². The van der Waals surface area contributed by atoms with Crippen molar-refractivity contribution in [1.82, 2.24) is 0 Å². The summed E-state index contributed by atoms with van der Waals surface area (Å²) in [5.74, 6) is -1.80. The highest BCUT2D eigenvalue weighted by atomic mass is 16.6. The largest absolute Gasteiger partial charge is 0.544 e. The lowest BCUT2D eigenvalue weighted by Crippen LogP contribution is -2.55. The Balaban J connectivity index is 4.38. The topological polar surface area (TPSA) is 102 Å². The van der Waals surface area contributed by atoms with Gasteiger partial charge in [-0.1, -0.05) is 157 Å². The van der Waals surface area contributed by atoms with Gasteiger partial charge in [-0.3, -0.25) is 9.59 Å². The zero-order valence-corrected chi connectivity index (χ0v) is 39.5. The molecule has 2 atom stereocenters. The lowest BCUT2D eigenvalue weighted by molar-refractivity contribution is -0.889. The van der Waals surface area contributed by atoms with Gasteiger partial charge < -0.3 is 28.6 Å². The van der Waals surface area contributed by atoms with E-state index in [1.165, 1.54) is 44.9 Å². The van der Waals surface area contributed by atoms with E-state index in [1.807, 2.05) is 0 Å². The highest BCUT2D eigenvalue weighted by Gasteiger charge is 2.25. The molecular formula is C53H89NO7. The number of carbonyl (C=O) groups excluding carboxylic acids is 3. The minimum Gasteiger partial charge on any atom is -0.544 e. The molecule has 0 amide bonds. The maximum atomic E-state index is 12.8. The number of rotatable bonds is 42. The average Bonchev–Trinajstić information content (AvgIpc) is 3.22. The Kier molecular flexibility index (Phi) is 40.7. The van der Waals surface area contributed by atoms with E-state index < -0.39 is 18.1 Å². The number of unbranched alkanes of at least 4 members (excludes halogenated alkanes) is 14. The normalized spacial score (nSPS) is 13.7. The second-order valence-corrected chi connectivity index (χ2v) is 17.0. The molecule has 0 aromatic rings. The number of carboxylic acid groups (broad SMARTS) is 1. The molecule has 0 heterocycles. The van der Waals surface area contributed by atoms with Crippen LogP contribution in [0.25, 0.3) is 0 Å². The van der Waals surface area contributed by atoms with Crippen LogP contribution in [-0.4, -0.2) is 75.5 Å². The maximum absolute atomic E-state index is 12.8. The Labute approximate surface area is 373 Å². The third-order valence-electron chi connectivity index (χ3n) is 10.3. The fraction of sp³-hybridized carbons (Fsp3) is 0.679. The molecule has 8 nitrogen and oxygen atoms in total. The van der Waals surface area contributed by atoms with Crippen molar-refractivity contribution in [3.8, 4) is 0 Å². The average molecular weight is 852 g/mol. The number of carboxylic acids is 1. The molecule has 61 heavy (non-hydrogen) atoms. The van der Waals surface area contributed by atoms with E-state index in [0.717, 1.165) is 103 Å². The van der Waals surface area contributed by atoms with Gasteiger partial charge in [0.15, 0.2) is 6.10 Å². The third-order valence-corrected chi connectivity index (χ3v) is 10.3. The number of quaternary nitrogens is 1. The maximum Gasteiger partial charge on any atom is 0.306 e. The molecule has 0 rings (SSSR count). The molecule has 0 aliphatic carbocycles. The molecule has 348 valence electrons. The van der Waals surface area contributed by atoms with Gasteiger partial charge in [-0.25, -0.2) is 0 Å². The number of carbonyl (C=O) groups is 3. The number of esters is 2. The Hall–Kier alpha value is -3.49. The van der Waals surface area contributed by atoms with Gasteiger partial charge >= 0.3 is 11.9 Å². The molecule has 0 spiro atoms. The Morgan fingerprint density at radius 3 is 1.39 bits per heavy atom. The summed E-state index contributed by atoms with van der Waals surface area (Å²) in [6.07, 6.45) is 56.1. The number of nitrogens with zero attached hydrogens (tertiary/aromatic N) is 1. The molecule has 0 fully saturated rings. The molecule has 8 heteroatoms. The van der Waals surface area contributed by atoms with Crippen molar-refractivity contribution in [2.24, 2.45) is 0 Å². The fourth-order valence-corrected chi connectivity index (χ4v) is 6.54. The molecule has 0 radical (unpaired) electrons. The van der Waals surface area contributed by atoms with Gasteiger partial charge in [0.05, 0.1) is 40.3 Å². The van der Waals surface area contributed by atoms with Crippen LogP contribution in [0.3, 0.4) is 0 Å². The Morgan fingerprint density at radius 1 is 0.508 bits per heavy atom. The van der Waals surface area contributed by atoms with Crippen molar-refractivity contribution in [3.63, 3.8) is 0 Å². The lowest BCUT2D eigenvalue weighted by atomic mass is 10.1. The van der Waals surface area contributed by atoms with E-state index in [-0.39, 0.29) is 49.1 Å². The van der Waals surface area contributed by atoms with Crippen LogP contribution in [0, 0.1) is 0 Å². The predicted molar refractivity (Wildman–Crippen MR) is 254 cm³/mol. The zero-order chi connectivity index (χ0) is 44.9.